The van der Waals surface area contributed by atoms with E-state index in [-0.39, 0.29) is 42.4 Å². The number of allylic oxidation sites excluding steroid dienone is 1. The molecule has 0 aliphatic carbocycles. The highest BCUT2D eigenvalue weighted by Crippen LogP contribution is 2.24. The van der Waals surface area contributed by atoms with E-state index in [9.17, 15) is 19.2 Å². The quantitative estimate of drug-likeness (QED) is 0.591. The standard InChI is InChI=1S/C26H36N4O4/c1-18(2)16-21-25(33)27-14-8-4-7-13-23(31)28-20(19-10-5-3-6-11-19)17-24(32)30-15-9-12-22(30)26(34)29-21/h3-6,8,10-11,18,20-22H,7,9,12-17H2,1-2H3,(H,27,33)(H,28,31)(H,29,34)/b8-4+/t20-,21?,22-/m0/s1. The lowest BCUT2D eigenvalue weighted by atomic mass is 10.0. The fourth-order valence-corrected chi connectivity index (χ4v) is 4.50. The lowest BCUT2D eigenvalue weighted by Crippen LogP contribution is -2.53. The Hall–Kier alpha value is -3.16. The molecule has 8 nitrogen and oxygen atoms in total. The van der Waals surface area contributed by atoms with Crippen LogP contribution in [-0.2, 0) is 19.2 Å². The minimum absolute atomic E-state index is 0.0747. The van der Waals surface area contributed by atoms with Crippen LogP contribution < -0.4 is 16.0 Å². The molecule has 0 saturated carbocycles. The van der Waals surface area contributed by atoms with Crippen LogP contribution in [0.3, 0.4) is 0 Å². The first-order valence-electron chi connectivity index (χ1n) is 12.2. The van der Waals surface area contributed by atoms with Gasteiger partial charge in [-0.3, -0.25) is 19.2 Å². The maximum atomic E-state index is 13.3. The van der Waals surface area contributed by atoms with E-state index in [4.69, 9.17) is 0 Å². The highest BCUT2D eigenvalue weighted by atomic mass is 16.2. The van der Waals surface area contributed by atoms with Gasteiger partial charge in [0.1, 0.15) is 12.1 Å². The minimum atomic E-state index is -0.658. The lowest BCUT2D eigenvalue weighted by molar-refractivity contribution is -0.140. The Morgan fingerprint density at radius 3 is 2.50 bits per heavy atom. The van der Waals surface area contributed by atoms with E-state index in [2.05, 4.69) is 16.0 Å². The highest BCUT2D eigenvalue weighted by Gasteiger charge is 2.36. The number of hydrogen-bond acceptors (Lipinski definition) is 4. The third-order valence-electron chi connectivity index (χ3n) is 6.23. The van der Waals surface area contributed by atoms with Crippen molar-refractivity contribution in [2.24, 2.45) is 5.92 Å². The number of fused-ring (bicyclic) bond motifs is 1. The molecule has 4 amide bonds. The Bertz CT molecular complexity index is 899. The molecule has 0 radical (unpaired) electrons. The molecule has 1 fully saturated rings. The summed E-state index contributed by atoms with van der Waals surface area (Å²) in [5.41, 5.74) is 0.852. The number of nitrogens with one attached hydrogen (secondary N) is 3. The Balaban J connectivity index is 1.84. The molecule has 34 heavy (non-hydrogen) atoms. The lowest BCUT2D eigenvalue weighted by Gasteiger charge is -2.28. The minimum Gasteiger partial charge on any atom is -0.351 e. The monoisotopic (exact) mass is 468 g/mol. The topological polar surface area (TPSA) is 108 Å². The normalized spacial score (nSPS) is 26.3. The summed E-state index contributed by atoms with van der Waals surface area (Å²) in [4.78, 5) is 53.4. The van der Waals surface area contributed by atoms with E-state index in [1.54, 1.807) is 4.90 Å². The van der Waals surface area contributed by atoms with Crippen molar-refractivity contribution in [2.45, 2.75) is 70.5 Å². The number of carbonyl (C=O) groups excluding carboxylic acids is 4. The van der Waals surface area contributed by atoms with Gasteiger partial charge in [-0.05, 0) is 37.2 Å². The fourth-order valence-electron chi connectivity index (χ4n) is 4.50. The van der Waals surface area contributed by atoms with Crippen LogP contribution in [0.5, 0.6) is 0 Å². The Labute approximate surface area is 201 Å². The van der Waals surface area contributed by atoms with Crippen LogP contribution in [0.25, 0.3) is 0 Å². The average molecular weight is 469 g/mol. The van der Waals surface area contributed by atoms with Crippen molar-refractivity contribution >= 4 is 23.6 Å². The maximum Gasteiger partial charge on any atom is 0.243 e. The molecule has 1 saturated heterocycles. The maximum absolute atomic E-state index is 13.3. The molecule has 3 rings (SSSR count). The smallest absolute Gasteiger partial charge is 0.243 e. The zero-order chi connectivity index (χ0) is 24.5. The fraction of sp³-hybridized carbons (Fsp3) is 0.538. The predicted octanol–water partition coefficient (Wildman–Crippen LogP) is 2.22. The summed E-state index contributed by atoms with van der Waals surface area (Å²) in [6, 6.07) is 7.68. The van der Waals surface area contributed by atoms with Gasteiger partial charge in [-0.1, -0.05) is 56.3 Å². The molecule has 0 aromatic heterocycles. The molecule has 2 aliphatic heterocycles. The van der Waals surface area contributed by atoms with E-state index < -0.39 is 18.1 Å². The summed E-state index contributed by atoms with van der Waals surface area (Å²) >= 11 is 0. The van der Waals surface area contributed by atoms with Crippen molar-refractivity contribution in [1.29, 1.82) is 0 Å². The van der Waals surface area contributed by atoms with E-state index in [1.165, 1.54) is 0 Å². The Morgan fingerprint density at radius 2 is 1.76 bits per heavy atom. The van der Waals surface area contributed by atoms with Gasteiger partial charge in [-0.15, -0.1) is 0 Å². The Morgan fingerprint density at radius 1 is 1.00 bits per heavy atom. The second kappa shape index (κ2) is 12.3. The molecule has 1 aromatic rings. The van der Waals surface area contributed by atoms with Crippen LogP contribution in [0.2, 0.25) is 0 Å². The molecule has 0 bridgehead atoms. The van der Waals surface area contributed by atoms with Gasteiger partial charge < -0.3 is 20.9 Å². The first-order valence-corrected chi connectivity index (χ1v) is 12.2. The second-order valence-electron chi connectivity index (χ2n) is 9.43. The number of rotatable bonds is 3. The molecule has 3 atom stereocenters. The van der Waals surface area contributed by atoms with Crippen LogP contribution in [-0.4, -0.2) is 53.7 Å². The van der Waals surface area contributed by atoms with Gasteiger partial charge in [0.25, 0.3) is 0 Å². The average Bonchev–Trinajstić information content (AvgIpc) is 3.30. The summed E-state index contributed by atoms with van der Waals surface area (Å²) in [5.74, 6) is -0.653. The largest absolute Gasteiger partial charge is 0.351 e. The molecule has 2 heterocycles. The van der Waals surface area contributed by atoms with E-state index >= 15 is 0 Å². The van der Waals surface area contributed by atoms with Crippen molar-refractivity contribution in [2.75, 3.05) is 13.1 Å². The van der Waals surface area contributed by atoms with Crippen molar-refractivity contribution in [3.63, 3.8) is 0 Å². The Kier molecular flexibility index (Phi) is 9.24. The van der Waals surface area contributed by atoms with Crippen LogP contribution in [0.1, 0.15) is 64.0 Å². The summed E-state index contributed by atoms with van der Waals surface area (Å²) in [6.45, 7) is 4.81. The van der Waals surface area contributed by atoms with Crippen LogP contribution in [0.4, 0.5) is 0 Å². The SMILES string of the molecule is CC(C)CC1NC(=O)[C@@H]2CCCN2C(=O)C[C@@H](c2ccccc2)NC(=O)CC/C=C/CNC1=O. The predicted molar refractivity (Wildman–Crippen MR) is 129 cm³/mol. The summed E-state index contributed by atoms with van der Waals surface area (Å²) < 4.78 is 0. The molecule has 3 N–H and O–H groups in total. The third-order valence-corrected chi connectivity index (χ3v) is 6.23. The molecule has 0 spiro atoms. The summed E-state index contributed by atoms with van der Waals surface area (Å²) in [6.07, 6.45) is 6.33. The molecule has 1 unspecified atom stereocenters. The first-order chi connectivity index (χ1) is 16.3. The van der Waals surface area contributed by atoms with E-state index in [0.29, 0.717) is 32.4 Å². The molecular formula is C26H36N4O4. The van der Waals surface area contributed by atoms with Crippen molar-refractivity contribution in [3.05, 3.63) is 48.0 Å². The number of hydrogen-bond donors (Lipinski definition) is 3. The summed E-state index contributed by atoms with van der Waals surface area (Å²) in [7, 11) is 0. The third kappa shape index (κ3) is 7.17. The molecule has 184 valence electrons. The molecule has 8 heteroatoms. The van der Waals surface area contributed by atoms with Crippen molar-refractivity contribution in [3.8, 4) is 0 Å². The van der Waals surface area contributed by atoms with Crippen LogP contribution in [0.15, 0.2) is 42.5 Å². The highest BCUT2D eigenvalue weighted by molar-refractivity contribution is 5.92. The van der Waals surface area contributed by atoms with Crippen molar-refractivity contribution in [1.82, 2.24) is 20.9 Å². The zero-order valence-electron chi connectivity index (χ0n) is 20.1. The first kappa shape index (κ1) is 25.5. The van der Waals surface area contributed by atoms with Gasteiger partial charge in [0.15, 0.2) is 0 Å². The summed E-state index contributed by atoms with van der Waals surface area (Å²) in [5, 5.41) is 8.73. The molecule has 1 aromatic carbocycles. The van der Waals surface area contributed by atoms with Gasteiger partial charge in [0.05, 0.1) is 12.5 Å². The molecule has 2 aliphatic rings. The zero-order valence-corrected chi connectivity index (χ0v) is 20.1. The van der Waals surface area contributed by atoms with E-state index in [1.807, 2.05) is 56.3 Å². The van der Waals surface area contributed by atoms with Gasteiger partial charge in [-0.25, -0.2) is 0 Å². The van der Waals surface area contributed by atoms with Gasteiger partial charge in [0.2, 0.25) is 23.6 Å². The van der Waals surface area contributed by atoms with Gasteiger partial charge in [-0.2, -0.15) is 0 Å². The van der Waals surface area contributed by atoms with Gasteiger partial charge >= 0.3 is 0 Å². The molecular weight excluding hydrogens is 432 g/mol. The van der Waals surface area contributed by atoms with E-state index in [0.717, 1.165) is 12.0 Å². The second-order valence-corrected chi connectivity index (χ2v) is 9.43. The number of nitrogens with zero attached hydrogens (tertiary/aromatic N) is 1. The van der Waals surface area contributed by atoms with Crippen LogP contribution in [0, 0.1) is 5.92 Å². The van der Waals surface area contributed by atoms with Crippen LogP contribution >= 0.6 is 0 Å². The number of carbonyl (C=O) groups is 4. The van der Waals surface area contributed by atoms with Crippen molar-refractivity contribution < 1.29 is 19.2 Å². The number of amides is 4. The number of benzene rings is 1. The van der Waals surface area contributed by atoms with Gasteiger partial charge in [0, 0.05) is 19.5 Å².